The van der Waals surface area contributed by atoms with Crippen LogP contribution in [0.4, 0.5) is 5.95 Å². The molecule has 21 heavy (non-hydrogen) atoms. The van der Waals surface area contributed by atoms with Gasteiger partial charge in [-0.05, 0) is 29.2 Å². The van der Waals surface area contributed by atoms with Crippen LogP contribution in [0.25, 0.3) is 0 Å². The molecular weight excluding hydrogens is 266 g/mol. The highest BCUT2D eigenvalue weighted by Gasteiger charge is 2.13. The highest BCUT2D eigenvalue weighted by molar-refractivity contribution is 5.90. The van der Waals surface area contributed by atoms with Gasteiger partial charge in [0.15, 0.2) is 6.61 Å². The number of carbonyl (C=O) groups excluding carboxylic acids is 1. The van der Waals surface area contributed by atoms with Crippen molar-refractivity contribution >= 4 is 11.9 Å². The number of hydrogen-bond acceptors (Lipinski definition) is 4. The SMILES string of the molecule is CC(C)(C)c1ccc(OCC(=O)Nc2ncccn2)cc1. The zero-order chi connectivity index (χ0) is 15.3. The predicted octanol–water partition coefficient (Wildman–Crippen LogP) is 2.79. The Hall–Kier alpha value is -2.43. The maximum Gasteiger partial charge on any atom is 0.264 e. The van der Waals surface area contributed by atoms with Crippen molar-refractivity contribution in [2.24, 2.45) is 0 Å². The molecular formula is C16H19N3O2. The topological polar surface area (TPSA) is 64.1 Å². The molecule has 0 fully saturated rings. The van der Waals surface area contributed by atoms with Gasteiger partial charge in [0, 0.05) is 12.4 Å². The molecule has 0 saturated heterocycles. The number of nitrogens with one attached hydrogen (secondary N) is 1. The van der Waals surface area contributed by atoms with E-state index in [9.17, 15) is 4.79 Å². The van der Waals surface area contributed by atoms with Crippen molar-refractivity contribution in [3.05, 3.63) is 48.3 Å². The molecule has 0 aliphatic heterocycles. The molecule has 1 heterocycles. The molecule has 110 valence electrons. The molecule has 0 atom stereocenters. The third kappa shape index (κ3) is 4.56. The summed E-state index contributed by atoms with van der Waals surface area (Å²) in [5.41, 5.74) is 1.32. The normalized spacial score (nSPS) is 11.0. The Labute approximate surface area is 124 Å². The monoisotopic (exact) mass is 285 g/mol. The Kier molecular flexibility index (Phi) is 4.52. The minimum atomic E-state index is -0.291. The zero-order valence-corrected chi connectivity index (χ0v) is 12.5. The molecule has 0 aliphatic rings. The van der Waals surface area contributed by atoms with Gasteiger partial charge in [0.1, 0.15) is 5.75 Å². The van der Waals surface area contributed by atoms with Crippen molar-refractivity contribution < 1.29 is 9.53 Å². The summed E-state index contributed by atoms with van der Waals surface area (Å²) in [6, 6.07) is 9.43. The van der Waals surface area contributed by atoms with Crippen LogP contribution >= 0.6 is 0 Å². The summed E-state index contributed by atoms with van der Waals surface area (Å²) in [5, 5.41) is 2.56. The Bertz CT molecular complexity index is 589. The summed E-state index contributed by atoms with van der Waals surface area (Å²) in [5.74, 6) is 0.641. The maximum absolute atomic E-state index is 11.7. The maximum atomic E-state index is 11.7. The van der Waals surface area contributed by atoms with E-state index >= 15 is 0 Å². The van der Waals surface area contributed by atoms with Gasteiger partial charge in [-0.15, -0.1) is 0 Å². The molecule has 0 unspecified atom stereocenters. The highest BCUT2D eigenvalue weighted by Crippen LogP contribution is 2.24. The molecule has 0 aliphatic carbocycles. The molecule has 0 saturated carbocycles. The first-order chi connectivity index (χ1) is 9.95. The fraction of sp³-hybridized carbons (Fsp3) is 0.312. The third-order valence-corrected chi connectivity index (χ3v) is 2.91. The number of hydrogen-bond donors (Lipinski definition) is 1. The molecule has 1 aromatic carbocycles. The average molecular weight is 285 g/mol. The lowest BCUT2D eigenvalue weighted by Crippen LogP contribution is -2.21. The molecule has 5 nitrogen and oxygen atoms in total. The van der Waals surface area contributed by atoms with Crippen LogP contribution in [0.5, 0.6) is 5.75 Å². The van der Waals surface area contributed by atoms with Gasteiger partial charge in [0.2, 0.25) is 5.95 Å². The Morgan fingerprint density at radius 3 is 2.33 bits per heavy atom. The van der Waals surface area contributed by atoms with Gasteiger partial charge in [0.05, 0.1) is 0 Å². The fourth-order valence-corrected chi connectivity index (χ4v) is 1.72. The summed E-state index contributed by atoms with van der Waals surface area (Å²) in [7, 11) is 0. The number of amides is 1. The van der Waals surface area contributed by atoms with Gasteiger partial charge in [-0.2, -0.15) is 0 Å². The Balaban J connectivity index is 1.87. The van der Waals surface area contributed by atoms with Gasteiger partial charge in [-0.3, -0.25) is 10.1 Å². The number of nitrogens with zero attached hydrogens (tertiary/aromatic N) is 2. The van der Waals surface area contributed by atoms with E-state index in [2.05, 4.69) is 36.1 Å². The molecule has 0 spiro atoms. The molecule has 5 heteroatoms. The predicted molar refractivity (Wildman–Crippen MR) is 81.3 cm³/mol. The van der Waals surface area contributed by atoms with Crippen LogP contribution in [-0.4, -0.2) is 22.5 Å². The molecule has 1 amide bonds. The molecule has 2 aromatic rings. The van der Waals surface area contributed by atoms with Crippen LogP contribution in [0.15, 0.2) is 42.7 Å². The molecule has 1 aromatic heterocycles. The second-order valence-corrected chi connectivity index (χ2v) is 5.68. The largest absolute Gasteiger partial charge is 0.484 e. The van der Waals surface area contributed by atoms with Crippen molar-refractivity contribution in [3.8, 4) is 5.75 Å². The van der Waals surface area contributed by atoms with E-state index < -0.39 is 0 Å². The first-order valence-corrected chi connectivity index (χ1v) is 6.75. The fourth-order valence-electron chi connectivity index (χ4n) is 1.72. The lowest BCUT2D eigenvalue weighted by Gasteiger charge is -2.19. The Morgan fingerprint density at radius 1 is 1.14 bits per heavy atom. The van der Waals surface area contributed by atoms with Gasteiger partial charge in [-0.1, -0.05) is 32.9 Å². The van der Waals surface area contributed by atoms with Crippen LogP contribution in [0.1, 0.15) is 26.3 Å². The van der Waals surface area contributed by atoms with Crippen molar-refractivity contribution in [1.29, 1.82) is 0 Å². The smallest absolute Gasteiger partial charge is 0.264 e. The Morgan fingerprint density at radius 2 is 1.76 bits per heavy atom. The van der Waals surface area contributed by atoms with Crippen molar-refractivity contribution in [3.63, 3.8) is 0 Å². The van der Waals surface area contributed by atoms with Crippen molar-refractivity contribution in [2.45, 2.75) is 26.2 Å². The number of benzene rings is 1. The second kappa shape index (κ2) is 6.35. The van der Waals surface area contributed by atoms with E-state index in [-0.39, 0.29) is 23.9 Å². The number of anilines is 1. The van der Waals surface area contributed by atoms with E-state index in [1.54, 1.807) is 18.5 Å². The quantitative estimate of drug-likeness (QED) is 0.938. The molecule has 1 N–H and O–H groups in total. The summed E-state index contributed by atoms with van der Waals surface area (Å²) < 4.78 is 5.44. The van der Waals surface area contributed by atoms with E-state index in [1.165, 1.54) is 5.56 Å². The van der Waals surface area contributed by atoms with Gasteiger partial charge in [-0.25, -0.2) is 9.97 Å². The first kappa shape index (κ1) is 15.0. The summed E-state index contributed by atoms with van der Waals surface area (Å²) in [6.45, 7) is 6.37. The number of rotatable bonds is 4. The number of aromatic nitrogens is 2. The first-order valence-electron chi connectivity index (χ1n) is 6.75. The van der Waals surface area contributed by atoms with Gasteiger partial charge in [0.25, 0.3) is 5.91 Å². The van der Waals surface area contributed by atoms with E-state index in [4.69, 9.17) is 4.74 Å². The third-order valence-electron chi connectivity index (χ3n) is 2.91. The van der Waals surface area contributed by atoms with Crippen LogP contribution in [-0.2, 0) is 10.2 Å². The van der Waals surface area contributed by atoms with Crippen molar-refractivity contribution in [1.82, 2.24) is 9.97 Å². The van der Waals surface area contributed by atoms with E-state index in [0.29, 0.717) is 5.75 Å². The lowest BCUT2D eigenvalue weighted by molar-refractivity contribution is -0.118. The second-order valence-electron chi connectivity index (χ2n) is 5.68. The van der Waals surface area contributed by atoms with Crippen molar-refractivity contribution in [2.75, 3.05) is 11.9 Å². The molecule has 0 radical (unpaired) electrons. The summed E-state index contributed by atoms with van der Waals surface area (Å²) >= 11 is 0. The van der Waals surface area contributed by atoms with Crippen LogP contribution in [0, 0.1) is 0 Å². The molecule has 0 bridgehead atoms. The summed E-state index contributed by atoms with van der Waals surface area (Å²) in [6.07, 6.45) is 3.13. The zero-order valence-electron chi connectivity index (χ0n) is 12.5. The van der Waals surface area contributed by atoms with Crippen LogP contribution < -0.4 is 10.1 Å². The van der Waals surface area contributed by atoms with Gasteiger partial charge < -0.3 is 4.74 Å². The molecule has 2 rings (SSSR count). The standard InChI is InChI=1S/C16H19N3O2/c1-16(2,3)12-5-7-13(8-6-12)21-11-14(20)19-15-17-9-4-10-18-15/h4-10H,11H2,1-3H3,(H,17,18,19,20). The lowest BCUT2D eigenvalue weighted by atomic mass is 9.87. The highest BCUT2D eigenvalue weighted by atomic mass is 16.5. The van der Waals surface area contributed by atoms with E-state index in [0.717, 1.165) is 0 Å². The minimum Gasteiger partial charge on any atom is -0.484 e. The average Bonchev–Trinajstić information content (AvgIpc) is 2.46. The van der Waals surface area contributed by atoms with Crippen LogP contribution in [0.3, 0.4) is 0 Å². The van der Waals surface area contributed by atoms with Gasteiger partial charge >= 0.3 is 0 Å². The van der Waals surface area contributed by atoms with Crippen LogP contribution in [0.2, 0.25) is 0 Å². The number of ether oxygens (including phenoxy) is 1. The number of carbonyl (C=O) groups is 1. The van der Waals surface area contributed by atoms with E-state index in [1.807, 2.05) is 24.3 Å². The minimum absolute atomic E-state index is 0.0763. The summed E-state index contributed by atoms with van der Waals surface area (Å²) in [4.78, 5) is 19.5.